The zero-order chi connectivity index (χ0) is 28.0. The molecule has 1 saturated heterocycles. The summed E-state index contributed by atoms with van der Waals surface area (Å²) in [6, 6.07) is 18.9. The molecule has 0 unspecified atom stereocenters. The van der Waals surface area contributed by atoms with Gasteiger partial charge in [-0.2, -0.15) is 0 Å². The summed E-state index contributed by atoms with van der Waals surface area (Å²) in [6.45, 7) is 2.99. The number of methoxy groups -OCH3 is 2. The second kappa shape index (κ2) is 12.2. The molecule has 1 heterocycles. The predicted molar refractivity (Wildman–Crippen MR) is 148 cm³/mol. The van der Waals surface area contributed by atoms with Gasteiger partial charge in [-0.1, -0.05) is 42.0 Å². The van der Waals surface area contributed by atoms with Crippen LogP contribution in [0.4, 0.5) is 5.69 Å². The Labute approximate surface area is 229 Å². The molecule has 0 radical (unpaired) electrons. The second-order valence-corrected chi connectivity index (χ2v) is 11.2. The van der Waals surface area contributed by atoms with Crippen LogP contribution < -0.4 is 19.1 Å². The highest BCUT2D eigenvalue weighted by Crippen LogP contribution is 2.32. The third kappa shape index (κ3) is 6.69. The Morgan fingerprint density at radius 1 is 0.974 bits per heavy atom. The van der Waals surface area contributed by atoms with Gasteiger partial charge < -0.3 is 19.7 Å². The number of hydrogen-bond donors (Lipinski definition) is 1. The molecule has 39 heavy (non-hydrogen) atoms. The first-order chi connectivity index (χ1) is 18.7. The van der Waals surface area contributed by atoms with E-state index in [9.17, 15) is 18.0 Å². The van der Waals surface area contributed by atoms with Gasteiger partial charge in [-0.15, -0.1) is 0 Å². The van der Waals surface area contributed by atoms with E-state index in [2.05, 4.69) is 5.32 Å². The molecule has 0 saturated carbocycles. The smallest absolute Gasteiger partial charge is 0.264 e. The number of carbonyl (C=O) groups excluding carboxylic acids is 2. The average molecular weight is 552 g/mol. The van der Waals surface area contributed by atoms with Crippen LogP contribution in [0, 0.1) is 6.92 Å². The lowest BCUT2D eigenvalue weighted by molar-refractivity contribution is -0.128. The molecular formula is C29H33N3O6S. The minimum absolute atomic E-state index is 0.0299. The largest absolute Gasteiger partial charge is 0.493 e. The van der Waals surface area contributed by atoms with Crippen LogP contribution in [-0.4, -0.2) is 52.4 Å². The summed E-state index contributed by atoms with van der Waals surface area (Å²) in [5.74, 6) is 0.357. The molecule has 0 spiro atoms. The molecule has 1 aliphatic heterocycles. The maximum Gasteiger partial charge on any atom is 0.264 e. The van der Waals surface area contributed by atoms with Crippen molar-refractivity contribution >= 4 is 27.5 Å². The van der Waals surface area contributed by atoms with Crippen LogP contribution in [-0.2, 0) is 32.7 Å². The fraction of sp³-hybridized carbons (Fsp3) is 0.310. The Balaban J connectivity index is 1.52. The van der Waals surface area contributed by atoms with Gasteiger partial charge in [0.2, 0.25) is 11.8 Å². The van der Waals surface area contributed by atoms with Crippen molar-refractivity contribution in [2.45, 2.75) is 37.8 Å². The van der Waals surface area contributed by atoms with Crippen LogP contribution in [0.3, 0.4) is 0 Å². The first kappa shape index (κ1) is 28.0. The Bertz CT molecular complexity index is 1440. The van der Waals surface area contributed by atoms with E-state index in [4.69, 9.17) is 9.47 Å². The lowest BCUT2D eigenvalue weighted by Crippen LogP contribution is -2.40. The fourth-order valence-electron chi connectivity index (χ4n) is 4.45. The quantitative estimate of drug-likeness (QED) is 0.390. The van der Waals surface area contributed by atoms with Crippen molar-refractivity contribution in [2.24, 2.45) is 0 Å². The van der Waals surface area contributed by atoms with Crippen LogP contribution in [0.5, 0.6) is 11.5 Å². The van der Waals surface area contributed by atoms with Crippen molar-refractivity contribution in [3.05, 3.63) is 83.4 Å². The number of benzene rings is 3. The number of carbonyl (C=O) groups is 2. The molecule has 1 N–H and O–H groups in total. The number of likely N-dealkylation sites (tertiary alicyclic amines) is 1. The maximum atomic E-state index is 13.7. The molecule has 2 amide bonds. The fourth-order valence-corrected chi connectivity index (χ4v) is 5.88. The van der Waals surface area contributed by atoms with Gasteiger partial charge >= 0.3 is 0 Å². The van der Waals surface area contributed by atoms with Gasteiger partial charge in [-0.25, -0.2) is 8.42 Å². The lowest BCUT2D eigenvalue weighted by atomic mass is 10.1. The highest BCUT2D eigenvalue weighted by molar-refractivity contribution is 7.92. The monoisotopic (exact) mass is 551 g/mol. The number of anilines is 1. The topological polar surface area (TPSA) is 105 Å². The van der Waals surface area contributed by atoms with E-state index in [0.717, 1.165) is 34.0 Å². The normalized spacial score (nSPS) is 13.3. The van der Waals surface area contributed by atoms with Crippen molar-refractivity contribution in [2.75, 3.05) is 31.6 Å². The lowest BCUT2D eigenvalue weighted by Gasteiger charge is -2.24. The number of amides is 2. The summed E-state index contributed by atoms with van der Waals surface area (Å²) in [6.07, 6.45) is 1.46. The molecule has 0 bridgehead atoms. The van der Waals surface area contributed by atoms with E-state index in [-0.39, 0.29) is 23.1 Å². The van der Waals surface area contributed by atoms with E-state index >= 15 is 0 Å². The SMILES string of the molecule is COc1ccc(S(=O)(=O)N(CC(=O)NCc2cccc(CN3CCCC3=O)c2)c2ccc(C)cc2)cc1OC. The number of ether oxygens (including phenoxy) is 2. The first-order valence-electron chi connectivity index (χ1n) is 12.6. The Kier molecular flexibility index (Phi) is 8.75. The van der Waals surface area contributed by atoms with Crippen LogP contribution in [0.15, 0.2) is 71.6 Å². The second-order valence-electron chi connectivity index (χ2n) is 9.38. The summed E-state index contributed by atoms with van der Waals surface area (Å²) in [5.41, 5.74) is 3.16. The molecule has 4 rings (SSSR count). The number of hydrogen-bond acceptors (Lipinski definition) is 6. The number of rotatable bonds is 11. The maximum absolute atomic E-state index is 13.7. The number of aryl methyl sites for hydroxylation is 1. The summed E-state index contributed by atoms with van der Waals surface area (Å²) < 4.78 is 39.1. The summed E-state index contributed by atoms with van der Waals surface area (Å²) >= 11 is 0. The molecule has 0 aliphatic carbocycles. The summed E-state index contributed by atoms with van der Waals surface area (Å²) in [4.78, 5) is 26.8. The predicted octanol–water partition coefficient (Wildman–Crippen LogP) is 3.65. The van der Waals surface area contributed by atoms with Gasteiger partial charge in [0.25, 0.3) is 10.0 Å². The zero-order valence-electron chi connectivity index (χ0n) is 22.3. The van der Waals surface area contributed by atoms with Gasteiger partial charge in [-0.3, -0.25) is 13.9 Å². The summed E-state index contributed by atoms with van der Waals surface area (Å²) in [7, 11) is -1.23. The van der Waals surface area contributed by atoms with E-state index < -0.39 is 22.5 Å². The molecule has 1 fully saturated rings. The molecule has 9 nitrogen and oxygen atoms in total. The van der Waals surface area contributed by atoms with Crippen molar-refractivity contribution in [1.29, 1.82) is 0 Å². The van der Waals surface area contributed by atoms with Gasteiger partial charge in [-0.05, 0) is 48.7 Å². The number of nitrogens with zero attached hydrogens (tertiary/aromatic N) is 2. The first-order valence-corrected chi connectivity index (χ1v) is 14.1. The molecule has 3 aromatic carbocycles. The number of sulfonamides is 1. The molecule has 10 heteroatoms. The summed E-state index contributed by atoms with van der Waals surface area (Å²) in [5, 5.41) is 2.83. The van der Waals surface area contributed by atoms with Gasteiger partial charge in [0.05, 0.1) is 24.8 Å². The van der Waals surface area contributed by atoms with Crippen LogP contribution in [0.25, 0.3) is 0 Å². The van der Waals surface area contributed by atoms with Gasteiger partial charge in [0.1, 0.15) is 6.54 Å². The molecule has 3 aromatic rings. The molecule has 0 atom stereocenters. The average Bonchev–Trinajstić information content (AvgIpc) is 3.34. The van der Waals surface area contributed by atoms with E-state index in [0.29, 0.717) is 24.4 Å². The molecule has 0 aromatic heterocycles. The van der Waals surface area contributed by atoms with Crippen LogP contribution >= 0.6 is 0 Å². The van der Waals surface area contributed by atoms with Crippen molar-refractivity contribution in [3.8, 4) is 11.5 Å². The van der Waals surface area contributed by atoms with Gasteiger partial charge in [0.15, 0.2) is 11.5 Å². The molecule has 206 valence electrons. The Hall–Kier alpha value is -4.05. The number of nitrogens with one attached hydrogen (secondary N) is 1. The molecular weight excluding hydrogens is 518 g/mol. The van der Waals surface area contributed by atoms with E-state index in [1.54, 1.807) is 24.3 Å². The van der Waals surface area contributed by atoms with Crippen molar-refractivity contribution in [1.82, 2.24) is 10.2 Å². The van der Waals surface area contributed by atoms with Crippen LogP contribution in [0.1, 0.15) is 29.5 Å². The van der Waals surface area contributed by atoms with Crippen molar-refractivity contribution < 1.29 is 27.5 Å². The van der Waals surface area contributed by atoms with Crippen LogP contribution in [0.2, 0.25) is 0 Å². The Morgan fingerprint density at radius 2 is 1.69 bits per heavy atom. The third-order valence-electron chi connectivity index (χ3n) is 6.58. The minimum atomic E-state index is -4.13. The zero-order valence-corrected chi connectivity index (χ0v) is 23.2. The molecule has 1 aliphatic rings. The third-order valence-corrected chi connectivity index (χ3v) is 8.35. The highest BCUT2D eigenvalue weighted by Gasteiger charge is 2.28. The minimum Gasteiger partial charge on any atom is -0.493 e. The van der Waals surface area contributed by atoms with Gasteiger partial charge in [0, 0.05) is 32.1 Å². The Morgan fingerprint density at radius 3 is 2.36 bits per heavy atom. The van der Waals surface area contributed by atoms with Crippen molar-refractivity contribution in [3.63, 3.8) is 0 Å². The standard InChI is InChI=1S/C29H33N3O6S/c1-21-9-11-24(12-10-21)32(39(35,36)25-13-14-26(37-2)27(17-25)38-3)20-28(33)30-18-22-6-4-7-23(16-22)19-31-15-5-8-29(31)34/h4,6-7,9-14,16-17H,5,8,15,18-20H2,1-3H3,(H,30,33). The van der Waals surface area contributed by atoms with E-state index in [1.807, 2.05) is 36.1 Å². The highest BCUT2D eigenvalue weighted by atomic mass is 32.2. The van der Waals surface area contributed by atoms with E-state index in [1.165, 1.54) is 32.4 Å².